The molecule has 0 amide bonds. The van der Waals surface area contributed by atoms with E-state index in [1.54, 1.807) is 6.07 Å². The largest absolute Gasteiger partial charge is 1.00 e. The quantitative estimate of drug-likeness (QED) is 0.620. The van der Waals surface area contributed by atoms with Crippen molar-refractivity contribution in [2.24, 2.45) is 0 Å². The first kappa shape index (κ1) is 15.1. The van der Waals surface area contributed by atoms with Gasteiger partial charge in [-0.1, -0.05) is 23.2 Å². The number of carboxylic acid groups (broad SMARTS) is 1. The van der Waals surface area contributed by atoms with Crippen LogP contribution in [0.15, 0.2) is 18.2 Å². The molecule has 0 N–H and O–H groups in total. The molecule has 0 saturated heterocycles. The molecule has 0 unspecified atom stereocenters. The Morgan fingerprint density at radius 3 is 2.53 bits per heavy atom. The van der Waals surface area contributed by atoms with Gasteiger partial charge in [0.1, 0.15) is 11.9 Å². The summed E-state index contributed by atoms with van der Waals surface area (Å²) in [5, 5.41) is 11.1. The van der Waals surface area contributed by atoms with Gasteiger partial charge in [-0.25, -0.2) is 0 Å². The minimum absolute atomic E-state index is 0. The molecule has 6 heteroatoms. The van der Waals surface area contributed by atoms with Crippen molar-refractivity contribution in [2.45, 2.75) is 13.0 Å². The van der Waals surface area contributed by atoms with E-state index in [1.807, 2.05) is 0 Å². The molecule has 1 aromatic carbocycles. The summed E-state index contributed by atoms with van der Waals surface area (Å²) in [6.45, 7) is 1.36. The summed E-state index contributed by atoms with van der Waals surface area (Å²) in [5.41, 5.74) is 0. The Labute approximate surface area is 120 Å². The molecule has 1 aromatic rings. The monoisotopic (exact) mass is 256 g/mol. The van der Waals surface area contributed by atoms with E-state index in [0.29, 0.717) is 5.02 Å². The fraction of sp³-hybridized carbons (Fsp3) is 0.222. The number of hydrogen-bond donors (Lipinski definition) is 0. The molecule has 0 fully saturated rings. The van der Waals surface area contributed by atoms with Crippen LogP contribution in [0, 0.1) is 0 Å². The number of halogens is 2. The third-order valence-corrected chi connectivity index (χ3v) is 2.06. The van der Waals surface area contributed by atoms with Gasteiger partial charge in [0.15, 0.2) is 0 Å². The molecule has 0 aliphatic carbocycles. The third kappa shape index (κ3) is 4.62. The maximum atomic E-state index is 10.4. The summed E-state index contributed by atoms with van der Waals surface area (Å²) in [7, 11) is 0. The second kappa shape index (κ2) is 6.61. The molecule has 0 aliphatic heterocycles. The molecule has 0 aromatic heterocycles. The number of hydrogen-bond acceptors (Lipinski definition) is 3. The Morgan fingerprint density at radius 1 is 1.47 bits per heavy atom. The van der Waals surface area contributed by atoms with E-state index in [2.05, 4.69) is 0 Å². The van der Waals surface area contributed by atoms with Gasteiger partial charge in [0.05, 0.1) is 11.0 Å². The van der Waals surface area contributed by atoms with Gasteiger partial charge in [0.2, 0.25) is 0 Å². The van der Waals surface area contributed by atoms with Crippen molar-refractivity contribution in [2.75, 3.05) is 0 Å². The molecule has 76 valence electrons. The molecule has 0 radical (unpaired) electrons. The van der Waals surface area contributed by atoms with Gasteiger partial charge in [-0.15, -0.1) is 0 Å². The average molecular weight is 257 g/mol. The summed E-state index contributed by atoms with van der Waals surface area (Å²) in [5.74, 6) is -1.02. The first-order valence-corrected chi connectivity index (χ1v) is 4.59. The van der Waals surface area contributed by atoms with Gasteiger partial charge in [0.25, 0.3) is 0 Å². The fourth-order valence-electron chi connectivity index (χ4n) is 0.809. The molecule has 1 rings (SSSR count). The minimum Gasteiger partial charge on any atom is -0.546 e. The van der Waals surface area contributed by atoms with Crippen LogP contribution in [0.2, 0.25) is 10.0 Å². The maximum Gasteiger partial charge on any atom is 1.00 e. The number of aliphatic carboxylic acids is 1. The Bertz CT molecular complexity index is 357. The zero-order valence-electron chi connectivity index (χ0n) is 8.29. The van der Waals surface area contributed by atoms with Gasteiger partial charge >= 0.3 is 29.6 Å². The van der Waals surface area contributed by atoms with Crippen LogP contribution in [0.25, 0.3) is 0 Å². The van der Waals surface area contributed by atoms with Crippen molar-refractivity contribution in [1.82, 2.24) is 0 Å². The van der Waals surface area contributed by atoms with Gasteiger partial charge in [0, 0.05) is 5.02 Å². The Kier molecular flexibility index (Phi) is 6.64. The van der Waals surface area contributed by atoms with Crippen LogP contribution in [-0.2, 0) is 4.79 Å². The molecule has 1 atom stereocenters. The SMILES string of the molecule is C[C@@H](Oc1ccc(Cl)cc1Cl)C(=O)[O-].[Na+]. The van der Waals surface area contributed by atoms with E-state index in [9.17, 15) is 9.90 Å². The Hall–Kier alpha value is 0.0700. The normalized spacial score (nSPS) is 11.4. The van der Waals surface area contributed by atoms with Crippen molar-refractivity contribution >= 4 is 29.2 Å². The molecule has 0 saturated carbocycles. The number of rotatable bonds is 3. The van der Waals surface area contributed by atoms with E-state index in [4.69, 9.17) is 27.9 Å². The average Bonchev–Trinajstić information content (AvgIpc) is 2.09. The Balaban J connectivity index is 0.00000196. The van der Waals surface area contributed by atoms with Crippen LogP contribution >= 0.6 is 23.2 Å². The van der Waals surface area contributed by atoms with E-state index in [0.717, 1.165) is 0 Å². The maximum absolute atomic E-state index is 10.4. The molecule has 0 spiro atoms. The van der Waals surface area contributed by atoms with E-state index in [-0.39, 0.29) is 40.3 Å². The molecule has 0 aliphatic rings. The third-order valence-electron chi connectivity index (χ3n) is 1.53. The number of carbonyl (C=O) groups is 1. The van der Waals surface area contributed by atoms with Crippen LogP contribution < -0.4 is 39.4 Å². The van der Waals surface area contributed by atoms with Crippen molar-refractivity contribution in [3.63, 3.8) is 0 Å². The smallest absolute Gasteiger partial charge is 0.546 e. The van der Waals surface area contributed by atoms with Crippen LogP contribution in [0.3, 0.4) is 0 Å². The molecule has 0 heterocycles. The van der Waals surface area contributed by atoms with Gasteiger partial charge in [-0.2, -0.15) is 0 Å². The first-order valence-electron chi connectivity index (χ1n) is 3.83. The number of benzene rings is 1. The summed E-state index contributed by atoms with van der Waals surface area (Å²) >= 11 is 11.4. The molecule has 15 heavy (non-hydrogen) atoms. The van der Waals surface area contributed by atoms with E-state index in [1.165, 1.54) is 19.1 Å². The zero-order chi connectivity index (χ0) is 10.7. The van der Waals surface area contributed by atoms with Gasteiger partial charge in [-0.3, -0.25) is 0 Å². The van der Waals surface area contributed by atoms with Crippen LogP contribution in [-0.4, -0.2) is 12.1 Å². The Morgan fingerprint density at radius 2 is 2.07 bits per heavy atom. The molecular formula is C9H7Cl2NaO3. The standard InChI is InChI=1S/C9H8Cl2O3.Na/c1-5(9(12)13)14-8-3-2-6(10)4-7(8)11;/h2-5H,1H3,(H,12,13);/q;+1/p-1/t5-;/m1./s1. The molecule has 3 nitrogen and oxygen atoms in total. The zero-order valence-corrected chi connectivity index (χ0v) is 11.8. The van der Waals surface area contributed by atoms with Crippen molar-refractivity contribution in [3.05, 3.63) is 28.2 Å². The predicted octanol–water partition coefficient (Wildman–Crippen LogP) is -1.49. The van der Waals surface area contributed by atoms with Crippen LogP contribution in [0.4, 0.5) is 0 Å². The van der Waals surface area contributed by atoms with Gasteiger partial charge in [-0.05, 0) is 25.1 Å². The van der Waals surface area contributed by atoms with Crippen molar-refractivity contribution < 1.29 is 44.2 Å². The first-order chi connectivity index (χ1) is 6.50. The van der Waals surface area contributed by atoms with Crippen molar-refractivity contribution in [1.29, 1.82) is 0 Å². The van der Waals surface area contributed by atoms with Crippen molar-refractivity contribution in [3.8, 4) is 5.75 Å². The second-order valence-electron chi connectivity index (χ2n) is 2.65. The summed E-state index contributed by atoms with van der Waals surface area (Å²) in [6.07, 6.45) is -1.05. The van der Waals surface area contributed by atoms with Crippen LogP contribution in [0.1, 0.15) is 6.92 Å². The fourth-order valence-corrected chi connectivity index (χ4v) is 1.26. The number of ether oxygens (including phenoxy) is 1. The summed E-state index contributed by atoms with van der Waals surface area (Å²) in [6, 6.07) is 4.54. The molecular weight excluding hydrogens is 250 g/mol. The number of carboxylic acids is 1. The predicted molar refractivity (Wildman–Crippen MR) is 51.6 cm³/mol. The molecule has 0 bridgehead atoms. The topological polar surface area (TPSA) is 49.4 Å². The number of carbonyl (C=O) groups excluding carboxylic acids is 1. The summed E-state index contributed by atoms with van der Waals surface area (Å²) in [4.78, 5) is 10.4. The minimum atomic E-state index is -1.30. The van der Waals surface area contributed by atoms with E-state index < -0.39 is 12.1 Å². The summed E-state index contributed by atoms with van der Waals surface area (Å²) < 4.78 is 5.01. The van der Waals surface area contributed by atoms with Gasteiger partial charge < -0.3 is 14.6 Å². The second-order valence-corrected chi connectivity index (χ2v) is 3.50. The van der Waals surface area contributed by atoms with Crippen LogP contribution in [0.5, 0.6) is 5.75 Å². The van der Waals surface area contributed by atoms with E-state index >= 15 is 0 Å².